The van der Waals surface area contributed by atoms with Crippen molar-refractivity contribution in [1.29, 1.82) is 0 Å². The molecule has 0 radical (unpaired) electrons. The third-order valence-corrected chi connectivity index (χ3v) is 5.25. The number of carbonyl (C=O) groups excluding carboxylic acids is 1. The Balaban J connectivity index is 1.79. The number of piperidine rings is 1. The van der Waals surface area contributed by atoms with E-state index < -0.39 is 0 Å². The summed E-state index contributed by atoms with van der Waals surface area (Å²) in [6.45, 7) is 9.70. The van der Waals surface area contributed by atoms with Crippen molar-refractivity contribution in [3.05, 3.63) is 23.0 Å². The number of aromatic amines is 1. The molecule has 2 aliphatic heterocycles. The Morgan fingerprint density at radius 1 is 1.52 bits per heavy atom. The van der Waals surface area contributed by atoms with Crippen LogP contribution in [0.15, 0.2) is 6.07 Å². The van der Waals surface area contributed by atoms with Gasteiger partial charge in [-0.25, -0.2) is 0 Å². The number of hydrogen-bond donors (Lipinski definition) is 1. The van der Waals surface area contributed by atoms with Gasteiger partial charge in [-0.05, 0) is 46.1 Å². The van der Waals surface area contributed by atoms with E-state index in [0.29, 0.717) is 13.2 Å². The molecule has 2 saturated heterocycles. The summed E-state index contributed by atoms with van der Waals surface area (Å²) >= 11 is 0. The van der Waals surface area contributed by atoms with E-state index in [0.717, 1.165) is 55.9 Å². The van der Waals surface area contributed by atoms with E-state index in [2.05, 4.69) is 4.98 Å². The minimum atomic E-state index is -0.0403. The monoisotopic (exact) mass is 320 g/mol. The molecule has 3 heterocycles. The summed E-state index contributed by atoms with van der Waals surface area (Å²) in [6.07, 6.45) is 3.25. The summed E-state index contributed by atoms with van der Waals surface area (Å²) < 4.78 is 11.8. The molecule has 1 N–H and O–H groups in total. The van der Waals surface area contributed by atoms with Crippen LogP contribution in [-0.2, 0) is 9.47 Å². The summed E-state index contributed by atoms with van der Waals surface area (Å²) in [6, 6.07) is 1.95. The number of rotatable bonds is 4. The molecule has 0 spiro atoms. The average Bonchev–Trinajstić information content (AvgIpc) is 2.90. The van der Waals surface area contributed by atoms with Crippen LogP contribution in [0, 0.1) is 19.3 Å². The molecule has 0 unspecified atom stereocenters. The van der Waals surface area contributed by atoms with Gasteiger partial charge in [0.2, 0.25) is 0 Å². The number of nitrogens with zero attached hydrogens (tertiary/aromatic N) is 1. The van der Waals surface area contributed by atoms with Crippen molar-refractivity contribution >= 4 is 5.91 Å². The highest BCUT2D eigenvalue weighted by molar-refractivity contribution is 5.95. The highest BCUT2D eigenvalue weighted by Crippen LogP contribution is 2.40. The van der Waals surface area contributed by atoms with Crippen LogP contribution in [0.2, 0.25) is 0 Å². The van der Waals surface area contributed by atoms with E-state index in [4.69, 9.17) is 9.47 Å². The summed E-state index contributed by atoms with van der Waals surface area (Å²) in [5.41, 5.74) is 2.74. The fourth-order valence-corrected chi connectivity index (χ4v) is 4.10. The van der Waals surface area contributed by atoms with Gasteiger partial charge in [0, 0.05) is 43.1 Å². The fourth-order valence-electron chi connectivity index (χ4n) is 4.10. The van der Waals surface area contributed by atoms with Crippen molar-refractivity contribution in [3.8, 4) is 0 Å². The second kappa shape index (κ2) is 6.65. The van der Waals surface area contributed by atoms with Gasteiger partial charge in [0.05, 0.1) is 18.3 Å². The smallest absolute Gasteiger partial charge is 0.255 e. The highest BCUT2D eigenvalue weighted by atomic mass is 16.5. The molecule has 128 valence electrons. The van der Waals surface area contributed by atoms with Crippen LogP contribution in [0.1, 0.15) is 47.9 Å². The molecular weight excluding hydrogens is 292 g/mol. The number of hydrogen-bond acceptors (Lipinski definition) is 3. The molecule has 1 amide bonds. The van der Waals surface area contributed by atoms with Crippen LogP contribution in [-0.4, -0.2) is 54.8 Å². The predicted molar refractivity (Wildman–Crippen MR) is 88.7 cm³/mol. The minimum absolute atomic E-state index is 0.0403. The van der Waals surface area contributed by atoms with Crippen LogP contribution < -0.4 is 0 Å². The Kier molecular flexibility index (Phi) is 4.78. The Morgan fingerprint density at radius 3 is 3.04 bits per heavy atom. The largest absolute Gasteiger partial charge is 0.381 e. The second-order valence-electron chi connectivity index (χ2n) is 6.97. The Morgan fingerprint density at radius 2 is 2.35 bits per heavy atom. The maximum absolute atomic E-state index is 12.9. The van der Waals surface area contributed by atoms with Crippen molar-refractivity contribution in [3.63, 3.8) is 0 Å². The van der Waals surface area contributed by atoms with Crippen molar-refractivity contribution in [2.24, 2.45) is 5.41 Å². The van der Waals surface area contributed by atoms with Crippen molar-refractivity contribution in [2.45, 2.75) is 46.1 Å². The fraction of sp³-hybridized carbons (Fsp3) is 0.722. The first-order valence-electron chi connectivity index (χ1n) is 8.70. The van der Waals surface area contributed by atoms with Gasteiger partial charge >= 0.3 is 0 Å². The lowest BCUT2D eigenvalue weighted by Crippen LogP contribution is -2.58. The predicted octanol–water partition coefficient (Wildman–Crippen LogP) is 2.68. The standard InChI is InChI=1S/C18H28N2O3/c1-4-22-12-18-7-5-9-23-16(18)6-8-20(11-18)17(21)15-10-13(2)19-14(15)3/h10,16,19H,4-9,11-12H2,1-3H3/t16-,18-/m1/s1. The molecular formula is C18H28N2O3. The number of ether oxygens (including phenoxy) is 2. The minimum Gasteiger partial charge on any atom is -0.381 e. The number of H-pyrrole nitrogens is 1. The molecule has 23 heavy (non-hydrogen) atoms. The van der Waals surface area contributed by atoms with Crippen LogP contribution in [0.25, 0.3) is 0 Å². The number of fused-ring (bicyclic) bond motifs is 1. The zero-order valence-corrected chi connectivity index (χ0v) is 14.5. The van der Waals surface area contributed by atoms with Gasteiger partial charge in [-0.1, -0.05) is 0 Å². The normalized spacial score (nSPS) is 27.8. The maximum atomic E-state index is 12.9. The first-order valence-corrected chi connectivity index (χ1v) is 8.70. The zero-order valence-electron chi connectivity index (χ0n) is 14.5. The molecule has 1 aromatic rings. The first-order chi connectivity index (χ1) is 11.1. The van der Waals surface area contributed by atoms with Crippen molar-refractivity contribution in [2.75, 3.05) is 32.9 Å². The van der Waals surface area contributed by atoms with Gasteiger partial charge in [-0.2, -0.15) is 0 Å². The zero-order chi connectivity index (χ0) is 16.4. The van der Waals surface area contributed by atoms with E-state index >= 15 is 0 Å². The molecule has 0 aromatic carbocycles. The molecule has 5 heteroatoms. The maximum Gasteiger partial charge on any atom is 0.255 e. The molecule has 0 bridgehead atoms. The number of likely N-dealkylation sites (tertiary alicyclic amines) is 1. The van der Waals surface area contributed by atoms with Gasteiger partial charge in [0.1, 0.15) is 0 Å². The van der Waals surface area contributed by atoms with Gasteiger partial charge < -0.3 is 19.4 Å². The van der Waals surface area contributed by atoms with Gasteiger partial charge in [0.15, 0.2) is 0 Å². The van der Waals surface area contributed by atoms with Crippen LogP contribution in [0.3, 0.4) is 0 Å². The van der Waals surface area contributed by atoms with E-state index in [1.54, 1.807) is 0 Å². The average molecular weight is 320 g/mol. The van der Waals surface area contributed by atoms with Crippen LogP contribution in [0.5, 0.6) is 0 Å². The lowest BCUT2D eigenvalue weighted by Gasteiger charge is -2.50. The van der Waals surface area contributed by atoms with E-state index in [9.17, 15) is 4.79 Å². The van der Waals surface area contributed by atoms with Gasteiger partial charge in [-0.15, -0.1) is 0 Å². The number of aromatic nitrogens is 1. The van der Waals surface area contributed by atoms with Crippen molar-refractivity contribution in [1.82, 2.24) is 9.88 Å². The first kappa shape index (κ1) is 16.5. The second-order valence-corrected chi connectivity index (χ2v) is 6.97. The molecule has 5 nitrogen and oxygen atoms in total. The molecule has 1 aromatic heterocycles. The van der Waals surface area contributed by atoms with Crippen LogP contribution >= 0.6 is 0 Å². The topological polar surface area (TPSA) is 54.6 Å². The number of amides is 1. The molecule has 3 rings (SSSR count). The van der Waals surface area contributed by atoms with Gasteiger partial charge in [0.25, 0.3) is 5.91 Å². The Hall–Kier alpha value is -1.33. The SMILES string of the molecule is CCOC[C@]12CCCO[C@@H]1CCN(C(=O)c1cc(C)[nH]c1C)C2. The molecule has 0 saturated carbocycles. The summed E-state index contributed by atoms with van der Waals surface area (Å²) in [4.78, 5) is 18.2. The van der Waals surface area contributed by atoms with Gasteiger partial charge in [-0.3, -0.25) is 4.79 Å². The lowest BCUT2D eigenvalue weighted by atomic mass is 9.73. The lowest BCUT2D eigenvalue weighted by molar-refractivity contribution is -0.146. The summed E-state index contributed by atoms with van der Waals surface area (Å²) in [5.74, 6) is 0.131. The highest BCUT2D eigenvalue weighted by Gasteiger charge is 2.47. The molecule has 0 aliphatic carbocycles. The van der Waals surface area contributed by atoms with E-state index in [-0.39, 0.29) is 17.4 Å². The Labute approximate surface area is 138 Å². The van der Waals surface area contributed by atoms with E-state index in [1.807, 2.05) is 31.7 Å². The van der Waals surface area contributed by atoms with Crippen LogP contribution in [0.4, 0.5) is 0 Å². The number of nitrogens with one attached hydrogen (secondary N) is 1. The molecule has 2 aliphatic rings. The third-order valence-electron chi connectivity index (χ3n) is 5.25. The Bertz CT molecular complexity index is 569. The number of aryl methyl sites for hydroxylation is 2. The number of carbonyl (C=O) groups is 1. The summed E-state index contributed by atoms with van der Waals surface area (Å²) in [7, 11) is 0. The van der Waals surface area contributed by atoms with E-state index in [1.165, 1.54) is 0 Å². The summed E-state index contributed by atoms with van der Waals surface area (Å²) in [5, 5.41) is 0. The molecule has 2 fully saturated rings. The van der Waals surface area contributed by atoms with Crippen molar-refractivity contribution < 1.29 is 14.3 Å². The quantitative estimate of drug-likeness (QED) is 0.928. The molecule has 2 atom stereocenters. The third kappa shape index (κ3) is 3.17.